The van der Waals surface area contributed by atoms with Crippen LogP contribution in [0.3, 0.4) is 0 Å². The molecule has 2 N–H and O–H groups in total. The molecule has 90 valence electrons. The maximum absolute atomic E-state index is 6.18. The van der Waals surface area contributed by atoms with E-state index in [1.165, 1.54) is 16.4 Å². The van der Waals surface area contributed by atoms with E-state index >= 15 is 0 Å². The van der Waals surface area contributed by atoms with Crippen LogP contribution in [0.15, 0.2) is 17.5 Å². The van der Waals surface area contributed by atoms with Gasteiger partial charge in [-0.3, -0.25) is 4.90 Å². The summed E-state index contributed by atoms with van der Waals surface area (Å²) in [4.78, 5) is 3.99. The summed E-state index contributed by atoms with van der Waals surface area (Å²) in [6.07, 6.45) is 0. The van der Waals surface area contributed by atoms with E-state index < -0.39 is 0 Å². The largest absolute Gasteiger partial charge is 0.326 e. The highest BCUT2D eigenvalue weighted by Gasteiger charge is 2.30. The molecule has 0 saturated carbocycles. The third kappa shape index (κ3) is 2.62. The van der Waals surface area contributed by atoms with E-state index in [1.807, 2.05) is 11.3 Å². The van der Waals surface area contributed by atoms with Crippen LogP contribution in [-0.4, -0.2) is 35.0 Å². The number of nitrogens with zero attached hydrogens (tertiary/aromatic N) is 1. The maximum atomic E-state index is 6.18. The van der Waals surface area contributed by atoms with Crippen molar-refractivity contribution < 1.29 is 0 Å². The van der Waals surface area contributed by atoms with Gasteiger partial charge in [0, 0.05) is 35.0 Å². The average molecular weight is 256 g/mol. The van der Waals surface area contributed by atoms with Gasteiger partial charge in [0.2, 0.25) is 0 Å². The molecule has 2 heterocycles. The first-order valence-electron chi connectivity index (χ1n) is 5.82. The van der Waals surface area contributed by atoms with E-state index in [-0.39, 0.29) is 6.04 Å². The van der Waals surface area contributed by atoms with Gasteiger partial charge in [-0.15, -0.1) is 11.3 Å². The van der Waals surface area contributed by atoms with E-state index in [0.29, 0.717) is 12.1 Å². The Kier molecular flexibility index (Phi) is 4.30. The predicted molar refractivity (Wildman–Crippen MR) is 74.2 cm³/mol. The van der Waals surface area contributed by atoms with Gasteiger partial charge in [-0.2, -0.15) is 11.8 Å². The summed E-state index contributed by atoms with van der Waals surface area (Å²) in [5.74, 6) is 2.47. The number of hydrogen-bond acceptors (Lipinski definition) is 4. The van der Waals surface area contributed by atoms with Crippen molar-refractivity contribution in [3.8, 4) is 0 Å². The standard InChI is InChI=1S/C12H20N2S2/c1-9-8-15-7-5-14(9)12(10(2)13)11-4-3-6-16-11/h3-4,6,9-10,12H,5,7-8,13H2,1-2H3. The van der Waals surface area contributed by atoms with Crippen molar-refractivity contribution in [1.29, 1.82) is 0 Å². The highest BCUT2D eigenvalue weighted by atomic mass is 32.2. The first-order chi connectivity index (χ1) is 7.70. The van der Waals surface area contributed by atoms with Crippen LogP contribution >= 0.6 is 23.1 Å². The third-order valence-electron chi connectivity index (χ3n) is 3.11. The molecule has 1 aromatic heterocycles. The molecule has 3 atom stereocenters. The fourth-order valence-electron chi connectivity index (χ4n) is 2.34. The van der Waals surface area contributed by atoms with Crippen LogP contribution in [0.25, 0.3) is 0 Å². The van der Waals surface area contributed by atoms with Crippen molar-refractivity contribution in [2.75, 3.05) is 18.1 Å². The summed E-state index contributed by atoms with van der Waals surface area (Å²) >= 11 is 3.88. The van der Waals surface area contributed by atoms with E-state index in [2.05, 4.69) is 48.0 Å². The molecule has 0 radical (unpaired) electrons. The summed E-state index contributed by atoms with van der Waals surface area (Å²) in [5.41, 5.74) is 6.18. The van der Waals surface area contributed by atoms with Gasteiger partial charge < -0.3 is 5.73 Å². The zero-order valence-electron chi connectivity index (χ0n) is 9.93. The number of thiophene rings is 1. The van der Waals surface area contributed by atoms with Gasteiger partial charge >= 0.3 is 0 Å². The summed E-state index contributed by atoms with van der Waals surface area (Å²) in [7, 11) is 0. The fourth-order valence-corrected chi connectivity index (χ4v) is 4.34. The SMILES string of the molecule is CC(N)C(c1cccs1)N1CCSCC1C. The second kappa shape index (κ2) is 5.54. The molecule has 0 spiro atoms. The Balaban J connectivity index is 2.18. The number of hydrogen-bond donors (Lipinski definition) is 1. The van der Waals surface area contributed by atoms with Crippen LogP contribution in [-0.2, 0) is 0 Å². The lowest BCUT2D eigenvalue weighted by Crippen LogP contribution is -2.48. The quantitative estimate of drug-likeness (QED) is 0.901. The van der Waals surface area contributed by atoms with Crippen molar-refractivity contribution in [1.82, 2.24) is 4.90 Å². The molecule has 1 aromatic rings. The van der Waals surface area contributed by atoms with Crippen molar-refractivity contribution in [3.63, 3.8) is 0 Å². The van der Waals surface area contributed by atoms with Crippen molar-refractivity contribution in [3.05, 3.63) is 22.4 Å². The second-order valence-corrected chi connectivity index (χ2v) is 6.61. The minimum Gasteiger partial charge on any atom is -0.326 e. The van der Waals surface area contributed by atoms with Gasteiger partial charge in [0.15, 0.2) is 0 Å². The summed E-state index contributed by atoms with van der Waals surface area (Å²) < 4.78 is 0. The van der Waals surface area contributed by atoms with Crippen LogP contribution in [0.1, 0.15) is 24.8 Å². The van der Waals surface area contributed by atoms with Gasteiger partial charge in [-0.05, 0) is 25.3 Å². The monoisotopic (exact) mass is 256 g/mol. The Morgan fingerprint density at radius 2 is 2.38 bits per heavy atom. The summed E-state index contributed by atoms with van der Waals surface area (Å²) in [6.45, 7) is 5.60. The molecule has 1 aliphatic heterocycles. The lowest BCUT2D eigenvalue weighted by Gasteiger charge is -2.40. The van der Waals surface area contributed by atoms with Crippen molar-refractivity contribution >= 4 is 23.1 Å². The predicted octanol–water partition coefficient (Wildman–Crippen LogP) is 2.57. The second-order valence-electron chi connectivity index (χ2n) is 4.48. The number of rotatable bonds is 3. The summed E-state index contributed by atoms with van der Waals surface area (Å²) in [6, 6.07) is 5.57. The molecule has 4 heteroatoms. The minimum absolute atomic E-state index is 0.198. The molecular formula is C12H20N2S2. The van der Waals surface area contributed by atoms with E-state index in [1.54, 1.807) is 0 Å². The summed E-state index contributed by atoms with van der Waals surface area (Å²) in [5, 5.41) is 2.15. The lowest BCUT2D eigenvalue weighted by atomic mass is 10.1. The van der Waals surface area contributed by atoms with E-state index in [4.69, 9.17) is 5.73 Å². The van der Waals surface area contributed by atoms with Crippen LogP contribution in [0.2, 0.25) is 0 Å². The van der Waals surface area contributed by atoms with Crippen LogP contribution in [0.5, 0.6) is 0 Å². The van der Waals surface area contributed by atoms with E-state index in [9.17, 15) is 0 Å². The Bertz CT molecular complexity index is 311. The van der Waals surface area contributed by atoms with Gasteiger partial charge in [-0.1, -0.05) is 6.07 Å². The minimum atomic E-state index is 0.198. The van der Waals surface area contributed by atoms with Crippen molar-refractivity contribution in [2.24, 2.45) is 5.73 Å². The molecule has 2 nitrogen and oxygen atoms in total. The number of nitrogens with two attached hydrogens (primary N) is 1. The topological polar surface area (TPSA) is 29.3 Å². The molecule has 0 aliphatic carbocycles. The molecular weight excluding hydrogens is 236 g/mol. The first-order valence-corrected chi connectivity index (χ1v) is 7.86. The Morgan fingerprint density at radius 3 is 2.94 bits per heavy atom. The highest BCUT2D eigenvalue weighted by molar-refractivity contribution is 7.99. The zero-order valence-corrected chi connectivity index (χ0v) is 11.6. The fraction of sp³-hybridized carbons (Fsp3) is 0.667. The maximum Gasteiger partial charge on any atom is 0.0593 e. The van der Waals surface area contributed by atoms with Gasteiger partial charge in [0.25, 0.3) is 0 Å². The molecule has 16 heavy (non-hydrogen) atoms. The molecule has 2 rings (SSSR count). The van der Waals surface area contributed by atoms with Gasteiger partial charge in [0.1, 0.15) is 0 Å². The Morgan fingerprint density at radius 1 is 1.56 bits per heavy atom. The van der Waals surface area contributed by atoms with Gasteiger partial charge in [-0.25, -0.2) is 0 Å². The number of thioether (sulfide) groups is 1. The van der Waals surface area contributed by atoms with E-state index in [0.717, 1.165) is 6.54 Å². The molecule has 1 aliphatic rings. The molecule has 0 bridgehead atoms. The average Bonchev–Trinajstić information content (AvgIpc) is 2.74. The molecule has 1 saturated heterocycles. The normalized spacial score (nSPS) is 26.6. The lowest BCUT2D eigenvalue weighted by molar-refractivity contribution is 0.146. The van der Waals surface area contributed by atoms with Crippen LogP contribution in [0, 0.1) is 0 Å². The molecule has 0 amide bonds. The molecule has 3 unspecified atom stereocenters. The first kappa shape index (κ1) is 12.4. The Hall–Kier alpha value is -0.0300. The third-order valence-corrected chi connectivity index (χ3v) is 5.24. The molecule has 1 fully saturated rings. The van der Waals surface area contributed by atoms with Gasteiger partial charge in [0.05, 0.1) is 6.04 Å². The zero-order chi connectivity index (χ0) is 11.5. The van der Waals surface area contributed by atoms with Crippen molar-refractivity contribution in [2.45, 2.75) is 32.0 Å². The van der Waals surface area contributed by atoms with Crippen LogP contribution in [0.4, 0.5) is 0 Å². The molecule has 0 aromatic carbocycles. The highest BCUT2D eigenvalue weighted by Crippen LogP contribution is 2.32. The van der Waals surface area contributed by atoms with Crippen LogP contribution < -0.4 is 5.73 Å². The Labute approximate surface area is 106 Å². The smallest absolute Gasteiger partial charge is 0.0593 e.